The molecule has 4 aliphatic rings. The van der Waals surface area contributed by atoms with E-state index in [2.05, 4.69) is 10.2 Å². The van der Waals surface area contributed by atoms with Gasteiger partial charge in [-0.25, -0.2) is 0 Å². The molecular weight excluding hydrogens is 282 g/mol. The van der Waals surface area contributed by atoms with Crippen LogP contribution in [-0.4, -0.2) is 73.6 Å². The third-order valence-electron chi connectivity index (χ3n) is 5.16. The Morgan fingerprint density at radius 1 is 1.05 bits per heavy atom. The molecular formula is C16H27N3O3. The standard InChI is InChI=1S/C16H27N3O3/c20-15(17-14-12-18-6-4-13(14)5-7-18)2-1-3-16(21)19-8-10-22-11-9-19/h13-14H,1-12H2,(H,17,20). The Labute approximate surface area is 132 Å². The third kappa shape index (κ3) is 3.98. The minimum absolute atomic E-state index is 0.105. The van der Waals surface area contributed by atoms with E-state index in [-0.39, 0.29) is 11.8 Å². The summed E-state index contributed by atoms with van der Waals surface area (Å²) in [5, 5.41) is 3.18. The molecule has 22 heavy (non-hydrogen) atoms. The molecule has 0 aromatic carbocycles. The van der Waals surface area contributed by atoms with E-state index in [1.807, 2.05) is 4.90 Å². The fraction of sp³-hybridized carbons (Fsp3) is 0.875. The van der Waals surface area contributed by atoms with Crippen LogP contribution < -0.4 is 5.32 Å². The maximum Gasteiger partial charge on any atom is 0.222 e. The monoisotopic (exact) mass is 309 g/mol. The number of rotatable bonds is 5. The molecule has 1 N–H and O–H groups in total. The third-order valence-corrected chi connectivity index (χ3v) is 5.16. The van der Waals surface area contributed by atoms with Crippen LogP contribution in [0.25, 0.3) is 0 Å². The number of hydrogen-bond acceptors (Lipinski definition) is 4. The van der Waals surface area contributed by atoms with Crippen LogP contribution in [0.1, 0.15) is 32.1 Å². The van der Waals surface area contributed by atoms with Crippen molar-refractivity contribution < 1.29 is 14.3 Å². The smallest absolute Gasteiger partial charge is 0.222 e. The zero-order valence-electron chi connectivity index (χ0n) is 13.3. The SMILES string of the molecule is O=C(CCCC(=O)N1CCOCC1)NC1CN2CCC1CC2. The number of nitrogens with one attached hydrogen (secondary N) is 1. The van der Waals surface area contributed by atoms with Crippen molar-refractivity contribution >= 4 is 11.8 Å². The van der Waals surface area contributed by atoms with Crippen LogP contribution in [0.5, 0.6) is 0 Å². The minimum Gasteiger partial charge on any atom is -0.378 e. The van der Waals surface area contributed by atoms with Gasteiger partial charge >= 0.3 is 0 Å². The van der Waals surface area contributed by atoms with E-state index in [0.29, 0.717) is 57.5 Å². The largest absolute Gasteiger partial charge is 0.378 e. The van der Waals surface area contributed by atoms with Crippen LogP contribution >= 0.6 is 0 Å². The number of amides is 2. The Balaban J connectivity index is 1.33. The Morgan fingerprint density at radius 2 is 1.77 bits per heavy atom. The van der Waals surface area contributed by atoms with Gasteiger partial charge in [-0.15, -0.1) is 0 Å². The molecule has 0 aromatic rings. The van der Waals surface area contributed by atoms with E-state index in [4.69, 9.17) is 4.74 Å². The van der Waals surface area contributed by atoms with Crippen LogP contribution in [0.4, 0.5) is 0 Å². The zero-order chi connectivity index (χ0) is 15.4. The summed E-state index contributed by atoms with van der Waals surface area (Å²) in [6.45, 7) is 6.01. The second-order valence-corrected chi connectivity index (χ2v) is 6.66. The highest BCUT2D eigenvalue weighted by Gasteiger charge is 2.34. The minimum atomic E-state index is 0.105. The fourth-order valence-electron chi connectivity index (χ4n) is 3.78. The molecule has 0 aliphatic carbocycles. The summed E-state index contributed by atoms with van der Waals surface area (Å²) in [5.41, 5.74) is 0. The van der Waals surface area contributed by atoms with Crippen LogP contribution in [-0.2, 0) is 14.3 Å². The second kappa shape index (κ2) is 7.42. The van der Waals surface area contributed by atoms with Crippen LogP contribution in [0, 0.1) is 5.92 Å². The lowest BCUT2D eigenvalue weighted by molar-refractivity contribution is -0.135. The first-order valence-electron chi connectivity index (χ1n) is 8.59. The van der Waals surface area contributed by atoms with Gasteiger partial charge in [0, 0.05) is 38.5 Å². The van der Waals surface area contributed by atoms with Gasteiger partial charge < -0.3 is 19.9 Å². The number of carbonyl (C=O) groups excluding carboxylic acids is 2. The first kappa shape index (κ1) is 15.7. The van der Waals surface area contributed by atoms with Crippen molar-refractivity contribution in [2.45, 2.75) is 38.1 Å². The predicted molar refractivity (Wildman–Crippen MR) is 82.3 cm³/mol. The van der Waals surface area contributed by atoms with Crippen LogP contribution in [0.2, 0.25) is 0 Å². The van der Waals surface area contributed by atoms with Gasteiger partial charge in [0.2, 0.25) is 11.8 Å². The average Bonchev–Trinajstić information content (AvgIpc) is 2.56. The van der Waals surface area contributed by atoms with Crippen molar-refractivity contribution in [2.24, 2.45) is 5.92 Å². The lowest BCUT2D eigenvalue weighted by Crippen LogP contribution is -2.57. The van der Waals surface area contributed by atoms with Gasteiger partial charge in [-0.1, -0.05) is 0 Å². The highest BCUT2D eigenvalue weighted by atomic mass is 16.5. The lowest BCUT2D eigenvalue weighted by atomic mass is 9.84. The molecule has 0 radical (unpaired) electrons. The van der Waals surface area contributed by atoms with Crippen molar-refractivity contribution in [3.05, 3.63) is 0 Å². The fourth-order valence-corrected chi connectivity index (χ4v) is 3.78. The van der Waals surface area contributed by atoms with Crippen molar-refractivity contribution in [1.82, 2.24) is 15.1 Å². The van der Waals surface area contributed by atoms with Crippen LogP contribution in [0.3, 0.4) is 0 Å². The molecule has 1 unspecified atom stereocenters. The van der Waals surface area contributed by atoms with Gasteiger partial charge in [0.05, 0.1) is 13.2 Å². The molecule has 4 saturated heterocycles. The van der Waals surface area contributed by atoms with E-state index in [0.717, 1.165) is 6.54 Å². The number of morpholine rings is 1. The Bertz CT molecular complexity index is 401. The zero-order valence-corrected chi connectivity index (χ0v) is 13.3. The summed E-state index contributed by atoms with van der Waals surface area (Å²) < 4.78 is 5.24. The Morgan fingerprint density at radius 3 is 2.41 bits per heavy atom. The summed E-state index contributed by atoms with van der Waals surface area (Å²) in [4.78, 5) is 28.4. The Kier molecular flexibility index (Phi) is 5.31. The molecule has 6 heteroatoms. The van der Waals surface area contributed by atoms with Crippen molar-refractivity contribution in [3.8, 4) is 0 Å². The average molecular weight is 309 g/mol. The highest BCUT2D eigenvalue weighted by Crippen LogP contribution is 2.27. The maximum absolute atomic E-state index is 12.1. The molecule has 4 aliphatic heterocycles. The topological polar surface area (TPSA) is 61.9 Å². The summed E-state index contributed by atoms with van der Waals surface area (Å²) in [6, 6.07) is 0.324. The van der Waals surface area contributed by atoms with E-state index in [9.17, 15) is 9.59 Å². The summed E-state index contributed by atoms with van der Waals surface area (Å²) >= 11 is 0. The van der Waals surface area contributed by atoms with Crippen LogP contribution in [0.15, 0.2) is 0 Å². The van der Waals surface area contributed by atoms with E-state index >= 15 is 0 Å². The maximum atomic E-state index is 12.1. The second-order valence-electron chi connectivity index (χ2n) is 6.66. The molecule has 0 spiro atoms. The molecule has 4 rings (SSSR count). The molecule has 0 aromatic heterocycles. The van der Waals surface area contributed by atoms with E-state index in [1.54, 1.807) is 0 Å². The molecule has 1 atom stereocenters. The van der Waals surface area contributed by atoms with Gasteiger partial charge in [0.25, 0.3) is 0 Å². The Hall–Kier alpha value is -1.14. The number of fused-ring (bicyclic) bond motifs is 3. The number of ether oxygens (including phenoxy) is 1. The number of piperidine rings is 3. The van der Waals surface area contributed by atoms with E-state index in [1.165, 1.54) is 25.9 Å². The van der Waals surface area contributed by atoms with Crippen molar-refractivity contribution in [1.29, 1.82) is 0 Å². The summed E-state index contributed by atoms with van der Waals surface area (Å²) in [6.07, 6.45) is 3.98. The molecule has 124 valence electrons. The molecule has 6 nitrogen and oxygen atoms in total. The molecule has 2 amide bonds. The molecule has 4 fully saturated rings. The van der Waals surface area contributed by atoms with Gasteiger partial charge in [-0.05, 0) is 38.3 Å². The first-order valence-corrected chi connectivity index (χ1v) is 8.59. The van der Waals surface area contributed by atoms with Crippen molar-refractivity contribution in [2.75, 3.05) is 45.9 Å². The number of nitrogens with zero attached hydrogens (tertiary/aromatic N) is 2. The van der Waals surface area contributed by atoms with E-state index < -0.39 is 0 Å². The summed E-state index contributed by atoms with van der Waals surface area (Å²) in [5.74, 6) is 0.913. The predicted octanol–water partition coefficient (Wildman–Crippen LogP) is 0.226. The number of hydrogen-bond donors (Lipinski definition) is 1. The number of carbonyl (C=O) groups is 2. The molecule has 4 heterocycles. The quantitative estimate of drug-likeness (QED) is 0.789. The lowest BCUT2D eigenvalue weighted by Gasteiger charge is -2.44. The van der Waals surface area contributed by atoms with Gasteiger partial charge in [-0.3, -0.25) is 9.59 Å². The first-order chi connectivity index (χ1) is 10.7. The van der Waals surface area contributed by atoms with Crippen molar-refractivity contribution in [3.63, 3.8) is 0 Å². The van der Waals surface area contributed by atoms with Gasteiger partial charge in [0.1, 0.15) is 0 Å². The normalized spacial score (nSPS) is 31.1. The molecule has 0 saturated carbocycles. The summed E-state index contributed by atoms with van der Waals surface area (Å²) in [7, 11) is 0. The van der Waals surface area contributed by atoms with Gasteiger partial charge in [0.15, 0.2) is 0 Å². The molecule has 2 bridgehead atoms. The van der Waals surface area contributed by atoms with Gasteiger partial charge in [-0.2, -0.15) is 0 Å². The highest BCUT2D eigenvalue weighted by molar-refractivity contribution is 5.79.